The Labute approximate surface area is 144 Å². The van der Waals surface area contributed by atoms with Crippen LogP contribution in [0.25, 0.3) is 0 Å². The lowest BCUT2D eigenvalue weighted by Crippen LogP contribution is -2.45. The minimum atomic E-state index is 0.0139. The molecule has 1 heterocycles. The van der Waals surface area contributed by atoms with E-state index in [1.54, 1.807) is 7.11 Å². The van der Waals surface area contributed by atoms with Crippen LogP contribution >= 0.6 is 0 Å². The number of hydrogen-bond acceptors (Lipinski definition) is 2. The van der Waals surface area contributed by atoms with Crippen LogP contribution < -0.4 is 5.32 Å². The Bertz CT molecular complexity index is 684. The number of aliphatic imine (C=N–C) groups is 1. The summed E-state index contributed by atoms with van der Waals surface area (Å²) < 4.78 is 5.64. The molecule has 4 nitrogen and oxygen atoms in total. The molecule has 0 amide bonds. The zero-order valence-corrected chi connectivity index (χ0v) is 14.4. The second-order valence-electron chi connectivity index (χ2n) is 6.00. The molecule has 1 atom stereocenters. The van der Waals surface area contributed by atoms with Gasteiger partial charge in [0.05, 0.1) is 6.10 Å². The molecule has 0 saturated heterocycles. The number of nitrogens with one attached hydrogen (secondary N) is 1. The minimum absolute atomic E-state index is 0.0139. The number of guanidine groups is 1. The molecule has 4 heteroatoms. The van der Waals surface area contributed by atoms with Crippen LogP contribution in [0.15, 0.2) is 59.6 Å². The molecule has 0 radical (unpaired) electrons. The molecule has 0 aliphatic carbocycles. The van der Waals surface area contributed by atoms with Gasteiger partial charge >= 0.3 is 0 Å². The van der Waals surface area contributed by atoms with Gasteiger partial charge in [-0.25, -0.2) is 0 Å². The van der Waals surface area contributed by atoms with Crippen LogP contribution in [0.1, 0.15) is 22.8 Å². The number of rotatable bonds is 4. The van der Waals surface area contributed by atoms with Gasteiger partial charge in [0.15, 0.2) is 5.96 Å². The van der Waals surface area contributed by atoms with Crippen molar-refractivity contribution < 1.29 is 4.74 Å². The average molecular weight is 323 g/mol. The predicted molar refractivity (Wildman–Crippen MR) is 98.1 cm³/mol. The molecule has 1 N–H and O–H groups in total. The first kappa shape index (κ1) is 16.5. The Balaban J connectivity index is 1.63. The van der Waals surface area contributed by atoms with Crippen molar-refractivity contribution in [3.63, 3.8) is 0 Å². The van der Waals surface area contributed by atoms with Gasteiger partial charge in [-0.2, -0.15) is 0 Å². The largest absolute Gasteiger partial charge is 0.375 e. The van der Waals surface area contributed by atoms with Crippen molar-refractivity contribution in [2.45, 2.75) is 19.1 Å². The number of methoxy groups -OCH3 is 1. The average Bonchev–Trinajstić information content (AvgIpc) is 2.66. The first-order chi connectivity index (χ1) is 11.8. The summed E-state index contributed by atoms with van der Waals surface area (Å²) in [6, 6.07) is 18.9. The van der Waals surface area contributed by atoms with Gasteiger partial charge in [-0.05, 0) is 23.1 Å². The maximum absolute atomic E-state index is 5.64. The fourth-order valence-corrected chi connectivity index (χ4v) is 3.20. The Hall–Kier alpha value is -2.33. The Morgan fingerprint density at radius 1 is 1.12 bits per heavy atom. The molecular formula is C20H25N3O. The highest BCUT2D eigenvalue weighted by molar-refractivity contribution is 5.80. The fraction of sp³-hybridized carbons (Fsp3) is 0.350. The van der Waals surface area contributed by atoms with E-state index in [0.717, 1.165) is 25.5 Å². The van der Waals surface area contributed by atoms with Crippen LogP contribution in [-0.4, -0.2) is 38.1 Å². The van der Waals surface area contributed by atoms with E-state index in [1.807, 2.05) is 25.2 Å². The van der Waals surface area contributed by atoms with Gasteiger partial charge in [-0.3, -0.25) is 4.99 Å². The molecule has 1 unspecified atom stereocenters. The van der Waals surface area contributed by atoms with Crippen molar-refractivity contribution in [1.82, 2.24) is 10.2 Å². The van der Waals surface area contributed by atoms with Crippen molar-refractivity contribution in [2.75, 3.05) is 27.2 Å². The second kappa shape index (κ2) is 7.97. The first-order valence-corrected chi connectivity index (χ1v) is 8.42. The molecule has 0 aromatic heterocycles. The number of hydrogen-bond donors (Lipinski definition) is 1. The molecule has 2 aromatic rings. The lowest BCUT2D eigenvalue weighted by atomic mass is 10.0. The molecule has 0 spiro atoms. The van der Waals surface area contributed by atoms with E-state index in [4.69, 9.17) is 4.74 Å². The standard InChI is InChI=1S/C20H25N3O/c1-21-20(22-14-19(24-2)17-9-4-3-5-10-17)23-13-12-16-8-6-7-11-18(16)15-23/h3-11,19H,12-15H2,1-2H3,(H,21,22). The molecule has 0 bridgehead atoms. The van der Waals surface area contributed by atoms with Gasteiger partial charge in [0.2, 0.25) is 0 Å². The van der Waals surface area contributed by atoms with Crippen LogP contribution in [-0.2, 0) is 17.7 Å². The van der Waals surface area contributed by atoms with Gasteiger partial charge in [0, 0.05) is 33.8 Å². The van der Waals surface area contributed by atoms with Crippen molar-refractivity contribution in [3.05, 3.63) is 71.3 Å². The highest BCUT2D eigenvalue weighted by Crippen LogP contribution is 2.19. The van der Waals surface area contributed by atoms with Crippen LogP contribution in [0.3, 0.4) is 0 Å². The summed E-state index contributed by atoms with van der Waals surface area (Å²) in [5, 5.41) is 3.47. The van der Waals surface area contributed by atoms with E-state index >= 15 is 0 Å². The quantitative estimate of drug-likeness (QED) is 0.694. The molecule has 126 valence electrons. The smallest absolute Gasteiger partial charge is 0.194 e. The van der Waals surface area contributed by atoms with Gasteiger partial charge in [-0.15, -0.1) is 0 Å². The minimum Gasteiger partial charge on any atom is -0.375 e. The van der Waals surface area contributed by atoms with E-state index in [0.29, 0.717) is 6.54 Å². The van der Waals surface area contributed by atoms with E-state index in [1.165, 1.54) is 16.7 Å². The van der Waals surface area contributed by atoms with Gasteiger partial charge in [-0.1, -0.05) is 54.6 Å². The van der Waals surface area contributed by atoms with E-state index < -0.39 is 0 Å². The number of benzene rings is 2. The summed E-state index contributed by atoms with van der Waals surface area (Å²) in [5.74, 6) is 0.933. The molecule has 2 aromatic carbocycles. The zero-order chi connectivity index (χ0) is 16.8. The van der Waals surface area contributed by atoms with Crippen molar-refractivity contribution >= 4 is 5.96 Å². The van der Waals surface area contributed by atoms with Gasteiger partial charge < -0.3 is 15.0 Å². The third kappa shape index (κ3) is 3.77. The van der Waals surface area contributed by atoms with Crippen LogP contribution in [0.5, 0.6) is 0 Å². The number of fused-ring (bicyclic) bond motifs is 1. The third-order valence-electron chi connectivity index (χ3n) is 4.54. The molecule has 1 aliphatic rings. The van der Waals surface area contributed by atoms with Crippen LogP contribution in [0, 0.1) is 0 Å². The lowest BCUT2D eigenvalue weighted by Gasteiger charge is -2.32. The Kier molecular flexibility index (Phi) is 5.49. The summed E-state index contributed by atoms with van der Waals surface area (Å²) in [6.45, 7) is 2.59. The van der Waals surface area contributed by atoms with Gasteiger partial charge in [0.1, 0.15) is 0 Å². The Morgan fingerprint density at radius 2 is 1.83 bits per heavy atom. The van der Waals surface area contributed by atoms with Crippen molar-refractivity contribution in [1.29, 1.82) is 0 Å². The molecule has 24 heavy (non-hydrogen) atoms. The summed E-state index contributed by atoms with van der Waals surface area (Å²) in [6.07, 6.45) is 1.07. The maximum Gasteiger partial charge on any atom is 0.194 e. The Morgan fingerprint density at radius 3 is 2.54 bits per heavy atom. The number of ether oxygens (including phenoxy) is 1. The third-order valence-corrected chi connectivity index (χ3v) is 4.54. The highest BCUT2D eigenvalue weighted by atomic mass is 16.5. The molecule has 0 fully saturated rings. The highest BCUT2D eigenvalue weighted by Gasteiger charge is 2.19. The summed E-state index contributed by atoms with van der Waals surface area (Å²) >= 11 is 0. The summed E-state index contributed by atoms with van der Waals surface area (Å²) in [4.78, 5) is 6.77. The van der Waals surface area contributed by atoms with Crippen molar-refractivity contribution in [3.8, 4) is 0 Å². The molecular weight excluding hydrogens is 298 g/mol. The van der Waals surface area contributed by atoms with E-state index in [2.05, 4.69) is 51.6 Å². The number of nitrogens with zero attached hydrogens (tertiary/aromatic N) is 2. The first-order valence-electron chi connectivity index (χ1n) is 8.42. The monoisotopic (exact) mass is 323 g/mol. The predicted octanol–water partition coefficient (Wildman–Crippen LogP) is 3.01. The molecule has 1 aliphatic heterocycles. The normalized spacial score (nSPS) is 15.8. The fourth-order valence-electron chi connectivity index (χ4n) is 3.20. The molecule has 0 saturated carbocycles. The maximum atomic E-state index is 5.64. The second-order valence-corrected chi connectivity index (χ2v) is 6.00. The summed E-state index contributed by atoms with van der Waals surface area (Å²) in [5.41, 5.74) is 4.01. The zero-order valence-electron chi connectivity index (χ0n) is 14.4. The molecule has 3 rings (SSSR count). The van der Waals surface area contributed by atoms with Gasteiger partial charge in [0.25, 0.3) is 0 Å². The van der Waals surface area contributed by atoms with E-state index in [9.17, 15) is 0 Å². The summed E-state index contributed by atoms with van der Waals surface area (Å²) in [7, 11) is 3.59. The van der Waals surface area contributed by atoms with E-state index in [-0.39, 0.29) is 6.10 Å². The SMILES string of the molecule is CN=C(NCC(OC)c1ccccc1)N1CCc2ccccc2C1. The topological polar surface area (TPSA) is 36.9 Å². The van der Waals surface area contributed by atoms with Crippen LogP contribution in [0.2, 0.25) is 0 Å². The van der Waals surface area contributed by atoms with Crippen molar-refractivity contribution in [2.24, 2.45) is 4.99 Å². The van der Waals surface area contributed by atoms with Crippen LogP contribution in [0.4, 0.5) is 0 Å². The lowest BCUT2D eigenvalue weighted by molar-refractivity contribution is 0.105.